The molecule has 0 amide bonds. The molecule has 2 aromatic rings. The fourth-order valence-corrected chi connectivity index (χ4v) is 1.07. The lowest BCUT2D eigenvalue weighted by atomic mass is 10.5. The number of halogens is 3. The average Bonchev–Trinajstić information content (AvgIpc) is 2.63. The van der Waals surface area contributed by atoms with Crippen LogP contribution in [-0.2, 0) is 11.0 Å². The Bertz CT molecular complexity index is 417. The van der Waals surface area contributed by atoms with Gasteiger partial charge in [0.1, 0.15) is 12.4 Å². The summed E-state index contributed by atoms with van der Waals surface area (Å²) in [5.74, 6) is 0. The molecule has 0 unspecified atom stereocenters. The highest BCUT2D eigenvalue weighted by molar-refractivity contribution is 5.39. The predicted molar refractivity (Wildman–Crippen MR) is 47.3 cm³/mol. The van der Waals surface area contributed by atoms with Crippen molar-refractivity contribution in [3.63, 3.8) is 0 Å². The highest BCUT2D eigenvalue weighted by Crippen LogP contribution is 2.28. The van der Waals surface area contributed by atoms with Crippen LogP contribution in [0, 0.1) is 0 Å². The minimum Gasteiger partial charge on any atom is -0.307 e. The van der Waals surface area contributed by atoms with Gasteiger partial charge in [-0.3, -0.25) is 0 Å². The van der Waals surface area contributed by atoms with E-state index in [1.165, 1.54) is 16.7 Å². The number of pyridine rings is 1. The summed E-state index contributed by atoms with van der Waals surface area (Å²) >= 11 is 0. The van der Waals surface area contributed by atoms with E-state index in [0.29, 0.717) is 5.65 Å². The van der Waals surface area contributed by atoms with Crippen LogP contribution in [0.2, 0.25) is 0 Å². The Morgan fingerprint density at radius 1 is 1.27 bits per heavy atom. The third-order valence-corrected chi connectivity index (χ3v) is 1.65. The molecule has 0 spiro atoms. The second kappa shape index (κ2) is 4.12. The van der Waals surface area contributed by atoms with Crippen LogP contribution in [0.15, 0.2) is 30.6 Å². The molecule has 0 fully saturated rings. The number of carbonyl (C=O) groups excluding carboxylic acids is 1. The summed E-state index contributed by atoms with van der Waals surface area (Å²) < 4.78 is 37.8. The van der Waals surface area contributed by atoms with Crippen LogP contribution < -0.4 is 0 Å². The summed E-state index contributed by atoms with van der Waals surface area (Å²) in [4.78, 5) is 11.4. The SMILES string of the molecule is C=O.FC(F)(F)c1cn2ccccc2n1. The molecule has 2 heterocycles. The summed E-state index contributed by atoms with van der Waals surface area (Å²) in [6, 6.07) is 4.81. The van der Waals surface area contributed by atoms with Crippen molar-refractivity contribution in [2.45, 2.75) is 6.18 Å². The van der Waals surface area contributed by atoms with E-state index in [4.69, 9.17) is 4.79 Å². The fraction of sp³-hybridized carbons (Fsp3) is 0.111. The fourth-order valence-electron chi connectivity index (χ4n) is 1.07. The molecule has 15 heavy (non-hydrogen) atoms. The van der Waals surface area contributed by atoms with E-state index in [1.807, 2.05) is 6.79 Å². The van der Waals surface area contributed by atoms with Gasteiger partial charge >= 0.3 is 6.18 Å². The third-order valence-electron chi connectivity index (χ3n) is 1.65. The first-order valence-electron chi connectivity index (χ1n) is 3.87. The molecule has 0 aliphatic rings. The lowest BCUT2D eigenvalue weighted by Gasteiger charge is -1.98. The van der Waals surface area contributed by atoms with Gasteiger partial charge in [-0.2, -0.15) is 13.2 Å². The average molecular weight is 216 g/mol. The first-order chi connectivity index (χ1) is 7.07. The van der Waals surface area contributed by atoms with Crippen LogP contribution in [0.5, 0.6) is 0 Å². The van der Waals surface area contributed by atoms with Gasteiger partial charge in [-0.25, -0.2) is 4.98 Å². The van der Waals surface area contributed by atoms with Gasteiger partial charge in [-0.1, -0.05) is 6.07 Å². The molecule has 6 heteroatoms. The second-order valence-electron chi connectivity index (χ2n) is 2.59. The number of rotatable bonds is 0. The maximum Gasteiger partial charge on any atom is 0.434 e. The van der Waals surface area contributed by atoms with Crippen molar-refractivity contribution in [3.8, 4) is 0 Å². The molecular weight excluding hydrogens is 209 g/mol. The van der Waals surface area contributed by atoms with E-state index >= 15 is 0 Å². The Morgan fingerprint density at radius 3 is 2.47 bits per heavy atom. The molecular formula is C9H7F3N2O. The quantitative estimate of drug-likeness (QED) is 0.676. The summed E-state index contributed by atoms with van der Waals surface area (Å²) in [7, 11) is 0. The molecule has 80 valence electrons. The van der Waals surface area contributed by atoms with Crippen molar-refractivity contribution < 1.29 is 18.0 Å². The highest BCUT2D eigenvalue weighted by atomic mass is 19.4. The molecule has 0 radical (unpaired) electrons. The van der Waals surface area contributed by atoms with E-state index in [-0.39, 0.29) is 0 Å². The lowest BCUT2D eigenvalue weighted by molar-refractivity contribution is -0.140. The van der Waals surface area contributed by atoms with Crippen molar-refractivity contribution >= 4 is 12.4 Å². The van der Waals surface area contributed by atoms with Crippen molar-refractivity contribution in [2.75, 3.05) is 0 Å². The molecule has 0 saturated heterocycles. The van der Waals surface area contributed by atoms with Crippen molar-refractivity contribution in [1.82, 2.24) is 9.38 Å². The van der Waals surface area contributed by atoms with Crippen LogP contribution in [0.4, 0.5) is 13.2 Å². The number of nitrogens with zero attached hydrogens (tertiary/aromatic N) is 2. The summed E-state index contributed by atoms with van der Waals surface area (Å²) in [6.45, 7) is 2.00. The molecule has 3 nitrogen and oxygen atoms in total. The molecule has 0 atom stereocenters. The number of carbonyl (C=O) groups is 1. The van der Waals surface area contributed by atoms with Gasteiger partial charge in [-0.05, 0) is 12.1 Å². The molecule has 0 bridgehead atoms. The van der Waals surface area contributed by atoms with Gasteiger partial charge in [0.25, 0.3) is 0 Å². The first-order valence-corrected chi connectivity index (χ1v) is 3.87. The number of hydrogen-bond acceptors (Lipinski definition) is 2. The number of fused-ring (bicyclic) bond motifs is 1. The largest absolute Gasteiger partial charge is 0.434 e. The number of alkyl halides is 3. The van der Waals surface area contributed by atoms with Crippen LogP contribution in [0.3, 0.4) is 0 Å². The Labute approximate surface area is 83.2 Å². The Hall–Kier alpha value is -1.85. The van der Waals surface area contributed by atoms with E-state index in [2.05, 4.69) is 4.98 Å². The summed E-state index contributed by atoms with van der Waals surface area (Å²) in [6.07, 6.45) is -1.88. The normalized spacial score (nSPS) is 10.9. The zero-order valence-corrected chi connectivity index (χ0v) is 7.53. The smallest absolute Gasteiger partial charge is 0.307 e. The monoisotopic (exact) mass is 216 g/mol. The molecule has 0 aliphatic carbocycles. The second-order valence-corrected chi connectivity index (χ2v) is 2.59. The molecule has 0 aromatic carbocycles. The van der Waals surface area contributed by atoms with Gasteiger partial charge < -0.3 is 9.20 Å². The maximum absolute atomic E-state index is 12.2. The zero-order valence-electron chi connectivity index (χ0n) is 7.53. The van der Waals surface area contributed by atoms with E-state index in [9.17, 15) is 13.2 Å². The Morgan fingerprint density at radius 2 is 1.93 bits per heavy atom. The summed E-state index contributed by atoms with van der Waals surface area (Å²) in [5, 5.41) is 0. The van der Waals surface area contributed by atoms with Gasteiger partial charge in [-0.15, -0.1) is 0 Å². The van der Waals surface area contributed by atoms with Crippen LogP contribution >= 0.6 is 0 Å². The van der Waals surface area contributed by atoms with Gasteiger partial charge in [0.15, 0.2) is 5.69 Å². The maximum atomic E-state index is 12.2. The molecule has 0 N–H and O–H groups in total. The Balaban J connectivity index is 0.000000531. The third kappa shape index (κ3) is 2.34. The van der Waals surface area contributed by atoms with E-state index in [0.717, 1.165) is 6.20 Å². The van der Waals surface area contributed by atoms with E-state index in [1.54, 1.807) is 12.1 Å². The molecule has 2 aromatic heterocycles. The number of hydrogen-bond donors (Lipinski definition) is 0. The minimum absolute atomic E-state index is 0.301. The zero-order chi connectivity index (χ0) is 11.5. The summed E-state index contributed by atoms with van der Waals surface area (Å²) in [5.41, 5.74) is -0.562. The molecule has 0 aliphatic heterocycles. The Kier molecular flexibility index (Phi) is 3.08. The minimum atomic E-state index is -4.37. The van der Waals surface area contributed by atoms with Gasteiger partial charge in [0, 0.05) is 12.4 Å². The van der Waals surface area contributed by atoms with Crippen molar-refractivity contribution in [3.05, 3.63) is 36.3 Å². The standard InChI is InChI=1S/C8H5F3N2.CH2O/c9-8(10,11)6-5-13-4-2-1-3-7(13)12-6;1-2/h1-5H;1H2. The van der Waals surface area contributed by atoms with Gasteiger partial charge in [0.05, 0.1) is 0 Å². The first kappa shape index (κ1) is 11.2. The van der Waals surface area contributed by atoms with Crippen LogP contribution in [0.25, 0.3) is 5.65 Å². The van der Waals surface area contributed by atoms with Crippen molar-refractivity contribution in [1.29, 1.82) is 0 Å². The number of imidazole rings is 1. The number of aromatic nitrogens is 2. The van der Waals surface area contributed by atoms with Crippen molar-refractivity contribution in [2.24, 2.45) is 0 Å². The molecule has 2 rings (SSSR count). The lowest BCUT2D eigenvalue weighted by Crippen LogP contribution is -2.04. The van der Waals surface area contributed by atoms with Crippen LogP contribution in [-0.4, -0.2) is 16.2 Å². The topological polar surface area (TPSA) is 34.4 Å². The van der Waals surface area contributed by atoms with E-state index < -0.39 is 11.9 Å². The highest BCUT2D eigenvalue weighted by Gasteiger charge is 2.33. The van der Waals surface area contributed by atoms with Crippen LogP contribution in [0.1, 0.15) is 5.69 Å². The predicted octanol–water partition coefficient (Wildman–Crippen LogP) is 2.17. The molecule has 0 saturated carbocycles. The van der Waals surface area contributed by atoms with Gasteiger partial charge in [0.2, 0.25) is 0 Å².